The summed E-state index contributed by atoms with van der Waals surface area (Å²) in [6.07, 6.45) is 0.588. The summed E-state index contributed by atoms with van der Waals surface area (Å²) in [6, 6.07) is 13.2. The molecule has 7 heteroatoms. The number of hydrogen-bond donors (Lipinski definition) is 1. The van der Waals surface area contributed by atoms with E-state index in [1.807, 2.05) is 12.1 Å². The van der Waals surface area contributed by atoms with Gasteiger partial charge in [0.25, 0.3) is 5.91 Å². The van der Waals surface area contributed by atoms with Crippen LogP contribution in [0.4, 0.5) is 9.52 Å². The maximum atomic E-state index is 13.6. The summed E-state index contributed by atoms with van der Waals surface area (Å²) in [7, 11) is 0. The molecule has 1 heterocycles. The van der Waals surface area contributed by atoms with Gasteiger partial charge in [0.2, 0.25) is 5.13 Å². The molecule has 0 aliphatic rings. The number of carbonyl (C=O) groups is 1. The standard InChI is InChI=1S/C16H11ClFN3OS/c17-11-7-5-10(6-8-11)9-14-20-21-16(23-14)19-15(22)12-3-1-2-4-13(12)18/h1-8H,9H2,(H,19,21,22). The molecule has 4 nitrogen and oxygen atoms in total. The third kappa shape index (κ3) is 3.91. The van der Waals surface area contributed by atoms with Gasteiger partial charge in [-0.05, 0) is 29.8 Å². The number of hydrogen-bond acceptors (Lipinski definition) is 4. The number of rotatable bonds is 4. The Morgan fingerprint density at radius 1 is 1.13 bits per heavy atom. The Labute approximate surface area is 141 Å². The molecule has 2 aromatic carbocycles. The van der Waals surface area contributed by atoms with Crippen molar-refractivity contribution < 1.29 is 9.18 Å². The Hall–Kier alpha value is -2.31. The van der Waals surface area contributed by atoms with E-state index in [0.717, 1.165) is 10.6 Å². The lowest BCUT2D eigenvalue weighted by molar-refractivity contribution is 0.102. The lowest BCUT2D eigenvalue weighted by Gasteiger charge is -2.01. The largest absolute Gasteiger partial charge is 0.296 e. The summed E-state index contributed by atoms with van der Waals surface area (Å²) in [5.41, 5.74) is 1.01. The van der Waals surface area contributed by atoms with Crippen LogP contribution in [0, 0.1) is 5.82 Å². The van der Waals surface area contributed by atoms with Gasteiger partial charge in [-0.15, -0.1) is 10.2 Å². The Bertz CT molecular complexity index is 835. The molecule has 116 valence electrons. The highest BCUT2D eigenvalue weighted by molar-refractivity contribution is 7.15. The SMILES string of the molecule is O=C(Nc1nnc(Cc2ccc(Cl)cc2)s1)c1ccccc1F. The van der Waals surface area contributed by atoms with Crippen LogP contribution in [0.15, 0.2) is 48.5 Å². The van der Waals surface area contributed by atoms with E-state index in [9.17, 15) is 9.18 Å². The molecule has 0 unspecified atom stereocenters. The van der Waals surface area contributed by atoms with Crippen molar-refractivity contribution in [1.29, 1.82) is 0 Å². The predicted octanol–water partition coefficient (Wildman–Crippen LogP) is 4.17. The van der Waals surface area contributed by atoms with Gasteiger partial charge in [-0.25, -0.2) is 4.39 Å². The van der Waals surface area contributed by atoms with E-state index in [2.05, 4.69) is 15.5 Å². The number of halogens is 2. The lowest BCUT2D eigenvalue weighted by atomic mass is 10.2. The van der Waals surface area contributed by atoms with Crippen LogP contribution in [0.5, 0.6) is 0 Å². The van der Waals surface area contributed by atoms with Crippen LogP contribution in [-0.4, -0.2) is 16.1 Å². The van der Waals surface area contributed by atoms with Crippen LogP contribution in [-0.2, 0) is 6.42 Å². The molecule has 3 rings (SSSR count). The first-order chi connectivity index (χ1) is 11.1. The van der Waals surface area contributed by atoms with Crippen molar-refractivity contribution in [3.63, 3.8) is 0 Å². The number of anilines is 1. The summed E-state index contributed by atoms with van der Waals surface area (Å²) in [6.45, 7) is 0. The van der Waals surface area contributed by atoms with Gasteiger partial charge in [0.15, 0.2) is 0 Å². The molecule has 0 fully saturated rings. The second kappa shape index (κ2) is 6.85. The summed E-state index contributed by atoms with van der Waals surface area (Å²) >= 11 is 7.09. The summed E-state index contributed by atoms with van der Waals surface area (Å²) in [4.78, 5) is 12.0. The van der Waals surface area contributed by atoms with Crippen LogP contribution in [0.2, 0.25) is 5.02 Å². The number of benzene rings is 2. The molecule has 0 aliphatic heterocycles. The first kappa shape index (κ1) is 15.6. The molecule has 0 radical (unpaired) electrons. The van der Waals surface area contributed by atoms with Gasteiger partial charge in [-0.3, -0.25) is 10.1 Å². The average Bonchev–Trinajstić information content (AvgIpc) is 2.97. The molecule has 0 aliphatic carbocycles. The van der Waals surface area contributed by atoms with E-state index in [1.165, 1.54) is 29.5 Å². The minimum atomic E-state index is -0.573. The van der Waals surface area contributed by atoms with E-state index < -0.39 is 11.7 Å². The number of nitrogens with one attached hydrogen (secondary N) is 1. The van der Waals surface area contributed by atoms with Gasteiger partial charge < -0.3 is 0 Å². The Balaban J connectivity index is 1.69. The van der Waals surface area contributed by atoms with Gasteiger partial charge in [-0.1, -0.05) is 47.2 Å². The van der Waals surface area contributed by atoms with Gasteiger partial charge in [-0.2, -0.15) is 0 Å². The molecule has 1 aromatic heterocycles. The number of amides is 1. The van der Waals surface area contributed by atoms with E-state index >= 15 is 0 Å². The second-order valence-corrected chi connectivity index (χ2v) is 6.24. The molecular formula is C16H11ClFN3OS. The number of aromatic nitrogens is 2. The zero-order valence-electron chi connectivity index (χ0n) is 11.8. The first-order valence-electron chi connectivity index (χ1n) is 6.74. The fourth-order valence-corrected chi connectivity index (χ4v) is 2.86. The minimum Gasteiger partial charge on any atom is -0.296 e. The van der Waals surface area contributed by atoms with Crippen molar-refractivity contribution in [2.24, 2.45) is 0 Å². The smallest absolute Gasteiger partial charge is 0.260 e. The highest BCUT2D eigenvalue weighted by Crippen LogP contribution is 2.20. The molecule has 0 saturated heterocycles. The van der Waals surface area contributed by atoms with Crippen molar-refractivity contribution >= 4 is 34.0 Å². The fourth-order valence-electron chi connectivity index (χ4n) is 1.96. The van der Waals surface area contributed by atoms with Crippen molar-refractivity contribution in [3.8, 4) is 0 Å². The van der Waals surface area contributed by atoms with Crippen LogP contribution in [0.1, 0.15) is 20.9 Å². The van der Waals surface area contributed by atoms with Crippen LogP contribution < -0.4 is 5.32 Å². The fraction of sp³-hybridized carbons (Fsp3) is 0.0625. The number of nitrogens with zero attached hydrogens (tertiary/aromatic N) is 2. The maximum absolute atomic E-state index is 13.6. The second-order valence-electron chi connectivity index (χ2n) is 4.74. The van der Waals surface area contributed by atoms with Crippen molar-refractivity contribution in [1.82, 2.24) is 10.2 Å². The molecule has 0 bridgehead atoms. The van der Waals surface area contributed by atoms with Crippen molar-refractivity contribution in [3.05, 3.63) is 75.5 Å². The minimum absolute atomic E-state index is 0.0260. The Kier molecular flexibility index (Phi) is 4.64. The van der Waals surface area contributed by atoms with E-state index in [4.69, 9.17) is 11.6 Å². The topological polar surface area (TPSA) is 54.9 Å². The molecule has 1 amide bonds. The van der Waals surface area contributed by atoms with Gasteiger partial charge in [0.05, 0.1) is 5.56 Å². The highest BCUT2D eigenvalue weighted by atomic mass is 35.5. The summed E-state index contributed by atoms with van der Waals surface area (Å²) in [5.74, 6) is -1.12. The molecular weight excluding hydrogens is 337 g/mol. The monoisotopic (exact) mass is 347 g/mol. The maximum Gasteiger partial charge on any atom is 0.260 e. The zero-order chi connectivity index (χ0) is 16.2. The average molecular weight is 348 g/mol. The van der Waals surface area contributed by atoms with Gasteiger partial charge >= 0.3 is 0 Å². The van der Waals surface area contributed by atoms with E-state index in [1.54, 1.807) is 18.2 Å². The van der Waals surface area contributed by atoms with Crippen molar-refractivity contribution in [2.75, 3.05) is 5.32 Å². The Morgan fingerprint density at radius 2 is 1.87 bits per heavy atom. The predicted molar refractivity (Wildman–Crippen MR) is 88.5 cm³/mol. The van der Waals surface area contributed by atoms with E-state index in [0.29, 0.717) is 16.6 Å². The third-order valence-electron chi connectivity index (χ3n) is 3.07. The highest BCUT2D eigenvalue weighted by Gasteiger charge is 2.13. The van der Waals surface area contributed by atoms with Gasteiger partial charge in [0.1, 0.15) is 10.8 Å². The lowest BCUT2D eigenvalue weighted by Crippen LogP contribution is -2.13. The number of carbonyl (C=O) groups excluding carboxylic acids is 1. The first-order valence-corrected chi connectivity index (χ1v) is 7.94. The zero-order valence-corrected chi connectivity index (χ0v) is 13.4. The summed E-state index contributed by atoms with van der Waals surface area (Å²) < 4.78 is 13.6. The molecule has 23 heavy (non-hydrogen) atoms. The van der Waals surface area contributed by atoms with Crippen molar-refractivity contribution in [2.45, 2.75) is 6.42 Å². The molecule has 0 spiro atoms. The summed E-state index contributed by atoms with van der Waals surface area (Å²) in [5, 5.41) is 12.3. The molecule has 3 aromatic rings. The van der Waals surface area contributed by atoms with E-state index in [-0.39, 0.29) is 5.56 Å². The van der Waals surface area contributed by atoms with Gasteiger partial charge in [0, 0.05) is 11.4 Å². The van der Waals surface area contributed by atoms with Crippen LogP contribution in [0.3, 0.4) is 0 Å². The normalized spacial score (nSPS) is 10.5. The molecule has 0 saturated carbocycles. The molecule has 1 N–H and O–H groups in total. The van der Waals surface area contributed by atoms with Crippen LogP contribution >= 0.6 is 22.9 Å². The molecule has 0 atom stereocenters. The quantitative estimate of drug-likeness (QED) is 0.770. The van der Waals surface area contributed by atoms with Crippen LogP contribution in [0.25, 0.3) is 0 Å². The Morgan fingerprint density at radius 3 is 2.61 bits per heavy atom. The third-order valence-corrected chi connectivity index (χ3v) is 4.17.